The van der Waals surface area contributed by atoms with Crippen LogP contribution in [0.25, 0.3) is 0 Å². The van der Waals surface area contributed by atoms with Gasteiger partial charge in [-0.3, -0.25) is 0 Å². The van der Waals surface area contributed by atoms with E-state index in [1.54, 1.807) is 18.3 Å². The van der Waals surface area contributed by atoms with Crippen LogP contribution in [-0.2, 0) is 6.42 Å². The average Bonchev–Trinajstić information content (AvgIpc) is 2.71. The normalized spacial score (nSPS) is 12.4. The Labute approximate surface area is 121 Å². The molecule has 0 saturated carbocycles. The second-order valence-corrected chi connectivity index (χ2v) is 5.81. The molecular weight excluding hydrogens is 282 g/mol. The van der Waals surface area contributed by atoms with Crippen molar-refractivity contribution in [3.05, 3.63) is 27.2 Å². The van der Waals surface area contributed by atoms with Gasteiger partial charge in [0.2, 0.25) is 11.9 Å². The first kappa shape index (κ1) is 14.0. The maximum Gasteiger partial charge on any atom is 0.227 e. The molecule has 102 valence electrons. The van der Waals surface area contributed by atoms with Gasteiger partial charge in [-0.2, -0.15) is 15.0 Å². The minimum atomic E-state index is 0.243. The summed E-state index contributed by atoms with van der Waals surface area (Å²) < 4.78 is 0. The third-order valence-electron chi connectivity index (χ3n) is 2.59. The summed E-state index contributed by atoms with van der Waals surface area (Å²) in [7, 11) is 0. The standard InChI is InChI=1S/C12H16ClN5S/c1-7(3-4-10-5-9(13)6-19-10)15-12-17-8(2)16-11(14)18-12/h5-7H,3-4H2,1-2H3,(H3,14,15,16,17,18). The van der Waals surface area contributed by atoms with Crippen LogP contribution in [0.5, 0.6) is 0 Å². The molecule has 0 aromatic carbocycles. The summed E-state index contributed by atoms with van der Waals surface area (Å²) in [6.45, 7) is 3.88. The lowest BCUT2D eigenvalue weighted by Crippen LogP contribution is -2.19. The Hall–Kier alpha value is -1.40. The van der Waals surface area contributed by atoms with Gasteiger partial charge in [0.15, 0.2) is 0 Å². The summed E-state index contributed by atoms with van der Waals surface area (Å²) in [5, 5.41) is 5.99. The Balaban J connectivity index is 1.88. The number of halogens is 1. The lowest BCUT2D eigenvalue weighted by Gasteiger charge is -2.13. The van der Waals surface area contributed by atoms with E-state index < -0.39 is 0 Å². The molecule has 0 bridgehead atoms. The van der Waals surface area contributed by atoms with Crippen molar-refractivity contribution in [2.75, 3.05) is 11.1 Å². The van der Waals surface area contributed by atoms with Gasteiger partial charge in [-0.05, 0) is 32.8 Å². The summed E-state index contributed by atoms with van der Waals surface area (Å²) in [4.78, 5) is 13.5. The molecule has 0 fully saturated rings. The minimum Gasteiger partial charge on any atom is -0.368 e. The van der Waals surface area contributed by atoms with Crippen molar-refractivity contribution in [3.8, 4) is 0 Å². The Morgan fingerprint density at radius 3 is 2.84 bits per heavy atom. The largest absolute Gasteiger partial charge is 0.368 e. The Bertz CT molecular complexity index is 537. The van der Waals surface area contributed by atoms with Crippen LogP contribution < -0.4 is 11.1 Å². The molecule has 2 rings (SSSR count). The number of anilines is 2. The van der Waals surface area contributed by atoms with Gasteiger partial charge in [-0.1, -0.05) is 11.6 Å². The molecule has 0 aliphatic heterocycles. The number of nitrogens with zero attached hydrogens (tertiary/aromatic N) is 3. The zero-order chi connectivity index (χ0) is 13.8. The fourth-order valence-electron chi connectivity index (χ4n) is 1.70. The van der Waals surface area contributed by atoms with Gasteiger partial charge in [0.05, 0.1) is 5.02 Å². The van der Waals surface area contributed by atoms with E-state index >= 15 is 0 Å². The van der Waals surface area contributed by atoms with Crippen LogP contribution in [0.15, 0.2) is 11.4 Å². The van der Waals surface area contributed by atoms with E-state index in [1.165, 1.54) is 4.88 Å². The van der Waals surface area contributed by atoms with Crippen LogP contribution in [0, 0.1) is 6.92 Å². The fraction of sp³-hybridized carbons (Fsp3) is 0.417. The first-order chi connectivity index (χ1) is 9.02. The molecule has 0 aliphatic carbocycles. The van der Waals surface area contributed by atoms with Gasteiger partial charge < -0.3 is 11.1 Å². The van der Waals surface area contributed by atoms with Crippen LogP contribution in [0.1, 0.15) is 24.0 Å². The van der Waals surface area contributed by atoms with Gasteiger partial charge in [-0.15, -0.1) is 11.3 Å². The van der Waals surface area contributed by atoms with Crippen molar-refractivity contribution in [1.29, 1.82) is 0 Å². The predicted octanol–water partition coefficient (Wildman–Crippen LogP) is 2.91. The van der Waals surface area contributed by atoms with Crippen molar-refractivity contribution in [3.63, 3.8) is 0 Å². The highest BCUT2D eigenvalue weighted by Gasteiger charge is 2.07. The van der Waals surface area contributed by atoms with E-state index in [1.807, 2.05) is 11.4 Å². The Morgan fingerprint density at radius 1 is 1.42 bits per heavy atom. The molecule has 0 saturated heterocycles. The highest BCUT2D eigenvalue weighted by Crippen LogP contribution is 2.21. The SMILES string of the molecule is Cc1nc(N)nc(NC(C)CCc2cc(Cl)cs2)n1. The molecular formula is C12H16ClN5S. The number of hydrogen-bond donors (Lipinski definition) is 2. The third kappa shape index (κ3) is 4.33. The third-order valence-corrected chi connectivity index (χ3v) is 3.93. The van der Waals surface area contributed by atoms with E-state index in [-0.39, 0.29) is 12.0 Å². The van der Waals surface area contributed by atoms with Crippen molar-refractivity contribution >= 4 is 34.8 Å². The summed E-state index contributed by atoms with van der Waals surface area (Å²) in [5.74, 6) is 1.39. The zero-order valence-corrected chi connectivity index (χ0v) is 12.4. The van der Waals surface area contributed by atoms with Gasteiger partial charge >= 0.3 is 0 Å². The molecule has 7 heteroatoms. The van der Waals surface area contributed by atoms with E-state index in [2.05, 4.69) is 27.2 Å². The summed E-state index contributed by atoms with van der Waals surface area (Å²) in [5.41, 5.74) is 5.59. The van der Waals surface area contributed by atoms with Crippen LogP contribution in [0.4, 0.5) is 11.9 Å². The van der Waals surface area contributed by atoms with E-state index in [4.69, 9.17) is 17.3 Å². The molecule has 1 unspecified atom stereocenters. The highest BCUT2D eigenvalue weighted by molar-refractivity contribution is 7.10. The van der Waals surface area contributed by atoms with Crippen LogP contribution in [0.3, 0.4) is 0 Å². The molecule has 0 spiro atoms. The second-order valence-electron chi connectivity index (χ2n) is 4.38. The first-order valence-corrected chi connectivity index (χ1v) is 7.26. The van der Waals surface area contributed by atoms with E-state index in [0.717, 1.165) is 17.9 Å². The van der Waals surface area contributed by atoms with Crippen molar-refractivity contribution in [1.82, 2.24) is 15.0 Å². The zero-order valence-electron chi connectivity index (χ0n) is 10.9. The minimum absolute atomic E-state index is 0.243. The Morgan fingerprint density at radius 2 is 2.21 bits per heavy atom. The molecule has 3 N–H and O–H groups in total. The summed E-state index contributed by atoms with van der Waals surface area (Å²) in [6.07, 6.45) is 1.95. The molecule has 1 atom stereocenters. The number of nitrogens with two attached hydrogens (primary N) is 1. The number of rotatable bonds is 5. The Kier molecular flexibility index (Phi) is 4.55. The summed E-state index contributed by atoms with van der Waals surface area (Å²) >= 11 is 7.58. The number of nitrogen functional groups attached to an aromatic ring is 1. The molecule has 2 aromatic rings. The second kappa shape index (κ2) is 6.16. The number of aryl methyl sites for hydroxylation is 2. The molecule has 2 heterocycles. The monoisotopic (exact) mass is 297 g/mol. The van der Waals surface area contributed by atoms with Crippen molar-refractivity contribution in [2.24, 2.45) is 0 Å². The molecule has 2 aromatic heterocycles. The molecule has 0 aliphatic rings. The number of hydrogen-bond acceptors (Lipinski definition) is 6. The highest BCUT2D eigenvalue weighted by atomic mass is 35.5. The van der Waals surface area contributed by atoms with E-state index in [0.29, 0.717) is 11.8 Å². The molecule has 0 amide bonds. The van der Waals surface area contributed by atoms with Crippen LogP contribution >= 0.6 is 22.9 Å². The van der Waals surface area contributed by atoms with Gasteiger partial charge in [-0.25, -0.2) is 0 Å². The molecule has 5 nitrogen and oxygen atoms in total. The number of aromatic nitrogens is 3. The number of nitrogens with one attached hydrogen (secondary N) is 1. The van der Waals surface area contributed by atoms with Crippen LogP contribution in [-0.4, -0.2) is 21.0 Å². The molecule has 19 heavy (non-hydrogen) atoms. The van der Waals surface area contributed by atoms with Crippen molar-refractivity contribution < 1.29 is 0 Å². The lowest BCUT2D eigenvalue weighted by atomic mass is 10.1. The maximum atomic E-state index is 5.89. The summed E-state index contributed by atoms with van der Waals surface area (Å²) in [6, 6.07) is 2.26. The lowest BCUT2D eigenvalue weighted by molar-refractivity contribution is 0.702. The van der Waals surface area contributed by atoms with Gasteiger partial charge in [0, 0.05) is 16.3 Å². The van der Waals surface area contributed by atoms with Crippen LogP contribution in [0.2, 0.25) is 5.02 Å². The van der Waals surface area contributed by atoms with Gasteiger partial charge in [0.1, 0.15) is 5.82 Å². The smallest absolute Gasteiger partial charge is 0.227 e. The van der Waals surface area contributed by atoms with Crippen molar-refractivity contribution in [2.45, 2.75) is 32.7 Å². The van der Waals surface area contributed by atoms with Gasteiger partial charge in [0.25, 0.3) is 0 Å². The quantitative estimate of drug-likeness (QED) is 0.887. The topological polar surface area (TPSA) is 76.7 Å². The predicted molar refractivity (Wildman–Crippen MR) is 79.7 cm³/mol. The average molecular weight is 298 g/mol. The maximum absolute atomic E-state index is 5.89. The molecule has 0 radical (unpaired) electrons. The van der Waals surface area contributed by atoms with E-state index in [9.17, 15) is 0 Å². The number of thiophene rings is 1. The fourth-order valence-corrected chi connectivity index (χ4v) is 2.80. The first-order valence-electron chi connectivity index (χ1n) is 6.00.